The molecule has 9 nitrogen and oxygen atoms in total. The van der Waals surface area contributed by atoms with Crippen LogP contribution in [0.3, 0.4) is 0 Å². The van der Waals surface area contributed by atoms with E-state index >= 15 is 0 Å². The van der Waals surface area contributed by atoms with Crippen LogP contribution in [0, 0.1) is 6.92 Å². The lowest BCUT2D eigenvalue weighted by Gasteiger charge is -2.18. The molecule has 0 atom stereocenters. The molecule has 0 bridgehead atoms. The fourth-order valence-corrected chi connectivity index (χ4v) is 3.98. The Labute approximate surface area is 201 Å². The molecule has 0 aliphatic carbocycles. The number of amides is 1. The molecule has 174 valence electrons. The van der Waals surface area contributed by atoms with Gasteiger partial charge in [-0.3, -0.25) is 14.2 Å². The lowest BCUT2D eigenvalue weighted by Crippen LogP contribution is -2.36. The second kappa shape index (κ2) is 10.9. The molecule has 0 saturated carbocycles. The Balaban J connectivity index is 1.55. The van der Waals surface area contributed by atoms with Crippen LogP contribution in [-0.4, -0.2) is 41.7 Å². The molecule has 0 radical (unpaired) electrons. The number of carbonyl (C=O) groups is 1. The number of aromatic nitrogens is 2. The summed E-state index contributed by atoms with van der Waals surface area (Å²) >= 11 is 1.14. The number of ether oxygens (including phenoxy) is 1. The van der Waals surface area contributed by atoms with E-state index in [0.29, 0.717) is 29.7 Å². The Morgan fingerprint density at radius 1 is 1.24 bits per heavy atom. The third kappa shape index (κ3) is 5.59. The van der Waals surface area contributed by atoms with Gasteiger partial charge in [-0.05, 0) is 46.8 Å². The minimum absolute atomic E-state index is 0.0220. The number of thioether (sulfide) groups is 1. The van der Waals surface area contributed by atoms with Crippen molar-refractivity contribution in [3.8, 4) is 0 Å². The van der Waals surface area contributed by atoms with Crippen molar-refractivity contribution in [2.45, 2.75) is 13.5 Å². The number of aliphatic imine (C=N–C) groups is 2. The van der Waals surface area contributed by atoms with Gasteiger partial charge in [0.15, 0.2) is 5.17 Å². The zero-order chi connectivity index (χ0) is 23.9. The molecule has 1 amide bonds. The zero-order valence-electron chi connectivity index (χ0n) is 18.7. The van der Waals surface area contributed by atoms with Crippen molar-refractivity contribution in [2.24, 2.45) is 9.98 Å². The lowest BCUT2D eigenvalue weighted by molar-refractivity contribution is -0.763. The predicted molar refractivity (Wildman–Crippen MR) is 129 cm³/mol. The quantitative estimate of drug-likeness (QED) is 0.214. The van der Waals surface area contributed by atoms with E-state index in [1.54, 1.807) is 13.2 Å². The summed E-state index contributed by atoms with van der Waals surface area (Å²) in [4.78, 5) is 23.2. The topological polar surface area (TPSA) is 107 Å². The first kappa shape index (κ1) is 23.4. The smallest absolute Gasteiger partial charge is 0.320 e. The zero-order valence-corrected chi connectivity index (χ0v) is 19.6. The number of benzene rings is 2. The van der Waals surface area contributed by atoms with Crippen molar-refractivity contribution in [2.75, 3.05) is 24.4 Å². The number of hydrogen-bond acceptors (Lipinski definition) is 8. The molecule has 1 aliphatic rings. The molecular weight excluding hydrogens is 454 g/mol. The summed E-state index contributed by atoms with van der Waals surface area (Å²) in [5.41, 5.74) is 2.92. The molecule has 3 aromatic rings. The Morgan fingerprint density at radius 2 is 2.00 bits per heavy atom. The van der Waals surface area contributed by atoms with E-state index in [0.717, 1.165) is 22.9 Å². The van der Waals surface area contributed by atoms with E-state index in [4.69, 9.17) is 9.26 Å². The first-order valence-electron chi connectivity index (χ1n) is 10.5. The SMILES string of the molecule is COCC[n+]1cc(/N=C(\[O-])CSC2=N/C(=C/c3ccccc3C)C(=O)N2c2ccccc2)on1. The van der Waals surface area contributed by atoms with Crippen molar-refractivity contribution >= 4 is 46.4 Å². The van der Waals surface area contributed by atoms with Crippen LogP contribution in [0.1, 0.15) is 11.1 Å². The first-order valence-corrected chi connectivity index (χ1v) is 11.5. The molecule has 1 aliphatic heterocycles. The third-order valence-electron chi connectivity index (χ3n) is 4.91. The van der Waals surface area contributed by atoms with E-state index < -0.39 is 5.90 Å². The second-order valence-corrected chi connectivity index (χ2v) is 8.29. The number of rotatable bonds is 8. The van der Waals surface area contributed by atoms with Crippen LogP contribution >= 0.6 is 11.8 Å². The molecule has 0 fully saturated rings. The maximum absolute atomic E-state index is 13.2. The summed E-state index contributed by atoms with van der Waals surface area (Å²) in [7, 11) is 1.59. The minimum atomic E-state index is -0.431. The van der Waals surface area contributed by atoms with Gasteiger partial charge in [0.1, 0.15) is 12.3 Å². The maximum atomic E-state index is 13.2. The number of hydrogen-bond donors (Lipinski definition) is 0. The summed E-state index contributed by atoms with van der Waals surface area (Å²) in [5, 5.41) is 16.6. The van der Waals surface area contributed by atoms with Crippen molar-refractivity contribution < 1.29 is 23.8 Å². The van der Waals surface area contributed by atoms with E-state index in [9.17, 15) is 9.90 Å². The lowest BCUT2D eigenvalue weighted by atomic mass is 10.1. The molecule has 1 aromatic heterocycles. The highest BCUT2D eigenvalue weighted by molar-refractivity contribution is 8.14. The van der Waals surface area contributed by atoms with Gasteiger partial charge in [0.2, 0.25) is 11.8 Å². The fourth-order valence-electron chi connectivity index (χ4n) is 3.18. The van der Waals surface area contributed by atoms with E-state index in [1.165, 1.54) is 15.8 Å². The van der Waals surface area contributed by atoms with Crippen molar-refractivity contribution in [1.82, 2.24) is 5.27 Å². The van der Waals surface area contributed by atoms with Gasteiger partial charge >= 0.3 is 5.88 Å². The monoisotopic (exact) mass is 477 g/mol. The van der Waals surface area contributed by atoms with Crippen molar-refractivity contribution in [1.29, 1.82) is 0 Å². The standard InChI is InChI=1S/C24H23N5O4S/c1-17-8-6-7-9-18(17)14-20-23(31)29(19-10-4-3-5-11-19)24(25-20)34-16-21(30)26-22-15-28(27-33-22)12-13-32-2/h3-11,14-15H,12-13,16H2,1-2H3/b20-14+. The van der Waals surface area contributed by atoms with Crippen molar-refractivity contribution in [3.63, 3.8) is 0 Å². The third-order valence-corrected chi connectivity index (χ3v) is 5.83. The molecule has 2 heterocycles. The molecule has 0 saturated heterocycles. The van der Waals surface area contributed by atoms with Gasteiger partial charge in [-0.2, -0.15) is 0 Å². The molecule has 0 N–H and O–H groups in total. The van der Waals surface area contributed by atoms with Crippen LogP contribution in [0.15, 0.2) is 81.0 Å². The normalized spacial score (nSPS) is 15.3. The summed E-state index contributed by atoms with van der Waals surface area (Å²) in [6.45, 7) is 2.92. The minimum Gasteiger partial charge on any atom is -0.861 e. The van der Waals surface area contributed by atoms with E-state index in [2.05, 4.69) is 15.3 Å². The maximum Gasteiger partial charge on any atom is 0.320 e. The molecule has 0 unspecified atom stereocenters. The van der Waals surface area contributed by atoms with Crippen LogP contribution in [-0.2, 0) is 16.1 Å². The largest absolute Gasteiger partial charge is 0.861 e. The van der Waals surface area contributed by atoms with E-state index in [1.807, 2.05) is 61.5 Å². The summed E-state index contributed by atoms with van der Waals surface area (Å²) in [6.07, 6.45) is 3.29. The predicted octanol–water partition coefficient (Wildman–Crippen LogP) is 2.48. The Kier molecular flexibility index (Phi) is 7.51. The van der Waals surface area contributed by atoms with Crippen molar-refractivity contribution in [3.05, 3.63) is 77.6 Å². The number of nitrogens with zero attached hydrogens (tertiary/aromatic N) is 5. The molecular formula is C24H23N5O4S. The van der Waals surface area contributed by atoms with Crippen LogP contribution < -0.4 is 14.7 Å². The highest BCUT2D eigenvalue weighted by Crippen LogP contribution is 2.29. The van der Waals surface area contributed by atoms with Gasteiger partial charge < -0.3 is 9.84 Å². The fraction of sp³-hybridized carbons (Fsp3) is 0.208. The van der Waals surface area contributed by atoms with Crippen LogP contribution in [0.25, 0.3) is 6.08 Å². The van der Waals surface area contributed by atoms with Gasteiger partial charge in [-0.15, -0.1) is 0 Å². The molecule has 2 aromatic carbocycles. The molecule has 4 rings (SSSR count). The number of anilines is 1. The van der Waals surface area contributed by atoms with Gasteiger partial charge in [0.05, 0.1) is 5.69 Å². The van der Waals surface area contributed by atoms with Crippen LogP contribution in [0.5, 0.6) is 0 Å². The van der Waals surface area contributed by atoms with Gasteiger partial charge in [0.25, 0.3) is 12.1 Å². The molecule has 10 heteroatoms. The Morgan fingerprint density at radius 3 is 2.76 bits per heavy atom. The van der Waals surface area contributed by atoms with Crippen LogP contribution in [0.4, 0.5) is 11.6 Å². The summed E-state index contributed by atoms with van der Waals surface area (Å²) in [6, 6.07) is 17.0. The summed E-state index contributed by atoms with van der Waals surface area (Å²) in [5.74, 6) is -0.604. The summed E-state index contributed by atoms with van der Waals surface area (Å²) < 4.78 is 11.6. The van der Waals surface area contributed by atoms with Crippen LogP contribution in [0.2, 0.25) is 0 Å². The Bertz CT molecular complexity index is 1250. The molecule has 34 heavy (non-hydrogen) atoms. The number of amidine groups is 1. The second-order valence-electron chi connectivity index (χ2n) is 7.35. The highest BCUT2D eigenvalue weighted by atomic mass is 32.2. The van der Waals surface area contributed by atoms with Gasteiger partial charge in [0, 0.05) is 12.9 Å². The average Bonchev–Trinajstić information content (AvgIpc) is 3.42. The Hall–Kier alpha value is -3.76. The number of para-hydroxylation sites is 1. The molecule has 0 spiro atoms. The number of methoxy groups -OCH3 is 1. The van der Waals surface area contributed by atoms with Gasteiger partial charge in [-0.25, -0.2) is 9.98 Å². The van der Waals surface area contributed by atoms with E-state index in [-0.39, 0.29) is 17.5 Å². The highest BCUT2D eigenvalue weighted by Gasteiger charge is 2.31. The average molecular weight is 478 g/mol. The first-order chi connectivity index (χ1) is 16.5. The van der Waals surface area contributed by atoms with Gasteiger partial charge in [-0.1, -0.05) is 54.2 Å². The number of aryl methyl sites for hydroxylation is 1. The number of carbonyl (C=O) groups excluding carboxylic acids is 1.